The lowest BCUT2D eigenvalue weighted by Gasteiger charge is -2.33. The van der Waals surface area contributed by atoms with Crippen molar-refractivity contribution in [1.82, 2.24) is 14.8 Å². The zero-order chi connectivity index (χ0) is 16.2. The van der Waals surface area contributed by atoms with Crippen molar-refractivity contribution in [2.45, 2.75) is 12.6 Å². The zero-order valence-electron chi connectivity index (χ0n) is 13.5. The highest BCUT2D eigenvalue weighted by Crippen LogP contribution is 2.26. The molecule has 0 radical (unpaired) electrons. The quantitative estimate of drug-likeness (QED) is 0.840. The van der Waals surface area contributed by atoms with Gasteiger partial charge in [-0.2, -0.15) is 0 Å². The predicted octanol–water partition coefficient (Wildman–Crippen LogP) is 2.71. The standard InChI is InChI=1S/C17H22FN3OS/c1-20(2)10-14-11-21(7-8-22-14)9-13-12-23-17(19-13)15-5-3-4-6-16(15)18/h3-6,12,14H,7-11H2,1-2H3/t14-/m0/s1. The van der Waals surface area contributed by atoms with Crippen LogP contribution in [0.15, 0.2) is 29.6 Å². The molecule has 1 aromatic heterocycles. The summed E-state index contributed by atoms with van der Waals surface area (Å²) in [6.45, 7) is 4.29. The SMILES string of the molecule is CN(C)C[C@H]1CN(Cc2csc(-c3ccccc3F)n2)CCO1. The summed E-state index contributed by atoms with van der Waals surface area (Å²) in [4.78, 5) is 9.11. The van der Waals surface area contributed by atoms with Crippen molar-refractivity contribution in [2.24, 2.45) is 0 Å². The molecular weight excluding hydrogens is 313 g/mol. The van der Waals surface area contributed by atoms with Crippen LogP contribution in [0.4, 0.5) is 4.39 Å². The van der Waals surface area contributed by atoms with Crippen molar-refractivity contribution in [3.8, 4) is 10.6 Å². The van der Waals surface area contributed by atoms with Crippen LogP contribution in [-0.2, 0) is 11.3 Å². The molecule has 3 rings (SSSR count). The van der Waals surface area contributed by atoms with E-state index in [9.17, 15) is 4.39 Å². The Kier molecular flexibility index (Phi) is 5.38. The van der Waals surface area contributed by atoms with E-state index in [1.54, 1.807) is 12.1 Å². The first-order chi connectivity index (χ1) is 11.1. The van der Waals surface area contributed by atoms with E-state index < -0.39 is 0 Å². The van der Waals surface area contributed by atoms with Crippen LogP contribution in [0.1, 0.15) is 5.69 Å². The van der Waals surface area contributed by atoms with Gasteiger partial charge in [-0.1, -0.05) is 12.1 Å². The molecule has 6 heteroatoms. The van der Waals surface area contributed by atoms with Gasteiger partial charge in [0.2, 0.25) is 0 Å². The second-order valence-electron chi connectivity index (χ2n) is 6.11. The van der Waals surface area contributed by atoms with Crippen molar-refractivity contribution in [3.63, 3.8) is 0 Å². The van der Waals surface area contributed by atoms with E-state index in [1.165, 1.54) is 17.4 Å². The maximum Gasteiger partial charge on any atom is 0.133 e. The van der Waals surface area contributed by atoms with Gasteiger partial charge in [0.05, 0.1) is 18.4 Å². The fraction of sp³-hybridized carbons (Fsp3) is 0.471. The predicted molar refractivity (Wildman–Crippen MR) is 91.1 cm³/mol. The molecule has 0 unspecified atom stereocenters. The van der Waals surface area contributed by atoms with Gasteiger partial charge in [0.25, 0.3) is 0 Å². The Labute approximate surface area is 140 Å². The average molecular weight is 335 g/mol. The van der Waals surface area contributed by atoms with E-state index in [0.29, 0.717) is 5.56 Å². The number of rotatable bonds is 5. The zero-order valence-corrected chi connectivity index (χ0v) is 14.4. The topological polar surface area (TPSA) is 28.6 Å². The molecule has 124 valence electrons. The van der Waals surface area contributed by atoms with Gasteiger partial charge in [0.1, 0.15) is 10.8 Å². The minimum absolute atomic E-state index is 0.217. The maximum absolute atomic E-state index is 13.9. The molecule has 1 aromatic carbocycles. The number of hydrogen-bond acceptors (Lipinski definition) is 5. The monoisotopic (exact) mass is 335 g/mol. The molecule has 0 bridgehead atoms. The lowest BCUT2D eigenvalue weighted by atomic mass is 10.2. The van der Waals surface area contributed by atoms with Crippen LogP contribution in [0, 0.1) is 5.82 Å². The largest absolute Gasteiger partial charge is 0.374 e. The van der Waals surface area contributed by atoms with Crippen molar-refractivity contribution < 1.29 is 9.13 Å². The molecule has 0 amide bonds. The van der Waals surface area contributed by atoms with Crippen LogP contribution in [0.2, 0.25) is 0 Å². The van der Waals surface area contributed by atoms with Crippen LogP contribution in [-0.4, -0.2) is 61.2 Å². The summed E-state index contributed by atoms with van der Waals surface area (Å²) in [5.74, 6) is -0.217. The number of aromatic nitrogens is 1. The Hall–Kier alpha value is -1.34. The molecule has 1 fully saturated rings. The number of likely N-dealkylation sites (N-methyl/N-ethyl adjacent to an activating group) is 1. The van der Waals surface area contributed by atoms with Crippen molar-refractivity contribution in [1.29, 1.82) is 0 Å². The molecule has 0 aliphatic carbocycles. The Bertz CT molecular complexity index is 646. The van der Waals surface area contributed by atoms with Gasteiger partial charge in [-0.3, -0.25) is 4.90 Å². The third-order valence-corrected chi connectivity index (χ3v) is 4.76. The summed E-state index contributed by atoms with van der Waals surface area (Å²) < 4.78 is 19.6. The van der Waals surface area contributed by atoms with Gasteiger partial charge >= 0.3 is 0 Å². The van der Waals surface area contributed by atoms with E-state index in [1.807, 2.05) is 11.4 Å². The minimum Gasteiger partial charge on any atom is -0.374 e. The van der Waals surface area contributed by atoms with Gasteiger partial charge in [-0.15, -0.1) is 11.3 Å². The summed E-state index contributed by atoms with van der Waals surface area (Å²) >= 11 is 1.50. The number of ether oxygens (including phenoxy) is 1. The van der Waals surface area contributed by atoms with E-state index in [4.69, 9.17) is 4.74 Å². The molecular formula is C17H22FN3OS. The Morgan fingerprint density at radius 2 is 2.22 bits per heavy atom. The summed E-state index contributed by atoms with van der Waals surface area (Å²) in [5.41, 5.74) is 1.58. The second-order valence-corrected chi connectivity index (χ2v) is 6.97. The molecule has 1 atom stereocenters. The number of benzene rings is 1. The highest BCUT2D eigenvalue weighted by Gasteiger charge is 2.21. The van der Waals surface area contributed by atoms with Gasteiger partial charge in [-0.05, 0) is 26.2 Å². The highest BCUT2D eigenvalue weighted by molar-refractivity contribution is 7.13. The van der Waals surface area contributed by atoms with Gasteiger partial charge in [0, 0.05) is 37.1 Å². The van der Waals surface area contributed by atoms with Crippen LogP contribution >= 0.6 is 11.3 Å². The van der Waals surface area contributed by atoms with Gasteiger partial charge in [0.15, 0.2) is 0 Å². The second kappa shape index (κ2) is 7.49. The molecule has 2 aromatic rings. The minimum atomic E-state index is -0.217. The summed E-state index contributed by atoms with van der Waals surface area (Å²) in [6, 6.07) is 6.79. The van der Waals surface area contributed by atoms with Crippen molar-refractivity contribution >= 4 is 11.3 Å². The molecule has 4 nitrogen and oxygen atoms in total. The number of hydrogen-bond donors (Lipinski definition) is 0. The normalized spacial score (nSPS) is 19.4. The van der Waals surface area contributed by atoms with Crippen molar-refractivity contribution in [2.75, 3.05) is 40.3 Å². The molecule has 0 saturated carbocycles. The van der Waals surface area contributed by atoms with E-state index in [0.717, 1.165) is 43.5 Å². The van der Waals surface area contributed by atoms with Crippen LogP contribution in [0.25, 0.3) is 10.6 Å². The number of morpholine rings is 1. The Morgan fingerprint density at radius 3 is 3.00 bits per heavy atom. The first kappa shape index (κ1) is 16.5. The lowest BCUT2D eigenvalue weighted by molar-refractivity contribution is -0.0409. The van der Waals surface area contributed by atoms with E-state index in [-0.39, 0.29) is 11.9 Å². The molecule has 1 saturated heterocycles. The molecule has 1 aliphatic heterocycles. The lowest BCUT2D eigenvalue weighted by Crippen LogP contribution is -2.46. The third-order valence-electron chi connectivity index (χ3n) is 3.83. The highest BCUT2D eigenvalue weighted by atomic mass is 32.1. The van der Waals surface area contributed by atoms with E-state index >= 15 is 0 Å². The molecule has 0 N–H and O–H groups in total. The van der Waals surface area contributed by atoms with Gasteiger partial charge < -0.3 is 9.64 Å². The van der Waals surface area contributed by atoms with Crippen LogP contribution in [0.5, 0.6) is 0 Å². The molecule has 23 heavy (non-hydrogen) atoms. The van der Waals surface area contributed by atoms with Crippen molar-refractivity contribution in [3.05, 3.63) is 41.2 Å². The van der Waals surface area contributed by atoms with Crippen LogP contribution < -0.4 is 0 Å². The molecule has 2 heterocycles. The Balaban J connectivity index is 1.64. The van der Waals surface area contributed by atoms with E-state index in [2.05, 4.69) is 28.9 Å². The number of halogens is 1. The smallest absolute Gasteiger partial charge is 0.133 e. The fourth-order valence-electron chi connectivity index (χ4n) is 2.81. The molecule has 1 aliphatic rings. The first-order valence-electron chi connectivity index (χ1n) is 7.80. The summed E-state index contributed by atoms with van der Waals surface area (Å²) in [5, 5.41) is 2.77. The summed E-state index contributed by atoms with van der Waals surface area (Å²) in [7, 11) is 4.12. The third kappa shape index (κ3) is 4.35. The molecule has 0 spiro atoms. The van der Waals surface area contributed by atoms with Crippen LogP contribution in [0.3, 0.4) is 0 Å². The van der Waals surface area contributed by atoms with Gasteiger partial charge in [-0.25, -0.2) is 9.37 Å². The maximum atomic E-state index is 13.9. The number of thiazole rings is 1. The fourth-order valence-corrected chi connectivity index (χ4v) is 3.65. The first-order valence-corrected chi connectivity index (χ1v) is 8.68. The average Bonchev–Trinajstić information content (AvgIpc) is 2.95. The summed E-state index contributed by atoms with van der Waals surface area (Å²) in [6.07, 6.45) is 0.239. The number of nitrogens with zero attached hydrogens (tertiary/aromatic N) is 3. The Morgan fingerprint density at radius 1 is 1.39 bits per heavy atom.